The van der Waals surface area contributed by atoms with Crippen LogP contribution in [0.4, 0.5) is 5.69 Å². The minimum Gasteiger partial charge on any atom is -0.478 e. The summed E-state index contributed by atoms with van der Waals surface area (Å²) in [5.74, 6) is -1.21. The van der Waals surface area contributed by atoms with E-state index in [2.05, 4.69) is 16.6 Å². The second kappa shape index (κ2) is 7.96. The third-order valence-corrected chi connectivity index (χ3v) is 5.14. The van der Waals surface area contributed by atoms with Gasteiger partial charge in [-0.15, -0.1) is 6.58 Å². The monoisotopic (exact) mass is 360 g/mol. The molecule has 0 bridgehead atoms. The first-order valence-electron chi connectivity index (χ1n) is 7.64. The Morgan fingerprint density at radius 2 is 1.92 bits per heavy atom. The molecule has 132 valence electrons. The van der Waals surface area contributed by atoms with Crippen LogP contribution in [0.3, 0.4) is 0 Å². The number of sulfonamides is 1. The van der Waals surface area contributed by atoms with Gasteiger partial charge in [0.2, 0.25) is 10.0 Å². The van der Waals surface area contributed by atoms with Gasteiger partial charge in [-0.2, -0.15) is 0 Å². The van der Waals surface area contributed by atoms with Gasteiger partial charge in [-0.05, 0) is 30.7 Å². The number of hydrogen-bond acceptors (Lipinski definition) is 4. The highest BCUT2D eigenvalue weighted by Crippen LogP contribution is 2.22. The molecule has 0 saturated heterocycles. The minimum absolute atomic E-state index is 0.100. The molecule has 3 N–H and O–H groups in total. The number of anilines is 1. The molecule has 0 saturated carbocycles. The van der Waals surface area contributed by atoms with Gasteiger partial charge in [-0.25, -0.2) is 17.9 Å². The van der Waals surface area contributed by atoms with E-state index in [-0.39, 0.29) is 10.5 Å². The molecule has 0 heterocycles. The normalized spacial score (nSPS) is 12.4. The molecule has 0 aliphatic rings. The van der Waals surface area contributed by atoms with E-state index in [1.165, 1.54) is 12.1 Å². The molecule has 1 unspecified atom stereocenters. The number of aromatic carboxylic acids is 1. The van der Waals surface area contributed by atoms with Crippen molar-refractivity contribution in [2.75, 3.05) is 11.9 Å². The summed E-state index contributed by atoms with van der Waals surface area (Å²) in [5, 5.41) is 12.2. The molecular formula is C18H20N2O4S. The molecule has 1 atom stereocenters. The first kappa shape index (κ1) is 18.7. The van der Waals surface area contributed by atoms with Crippen molar-refractivity contribution in [1.29, 1.82) is 0 Å². The maximum atomic E-state index is 12.6. The van der Waals surface area contributed by atoms with Crippen LogP contribution in [-0.2, 0) is 10.0 Å². The van der Waals surface area contributed by atoms with E-state index in [0.717, 1.165) is 11.6 Å². The van der Waals surface area contributed by atoms with E-state index in [4.69, 9.17) is 0 Å². The summed E-state index contributed by atoms with van der Waals surface area (Å²) in [5.41, 5.74) is 1.04. The minimum atomic E-state index is -3.86. The molecular weight excluding hydrogens is 340 g/mol. The van der Waals surface area contributed by atoms with Gasteiger partial charge in [0.15, 0.2) is 0 Å². The molecule has 0 radical (unpaired) electrons. The van der Waals surface area contributed by atoms with E-state index >= 15 is 0 Å². The molecule has 0 spiro atoms. The van der Waals surface area contributed by atoms with Crippen LogP contribution >= 0.6 is 0 Å². The number of benzene rings is 2. The molecule has 0 fully saturated rings. The Hall–Kier alpha value is -2.64. The van der Waals surface area contributed by atoms with Crippen LogP contribution in [0.1, 0.15) is 28.9 Å². The van der Waals surface area contributed by atoms with Gasteiger partial charge < -0.3 is 10.4 Å². The largest absolute Gasteiger partial charge is 0.478 e. The zero-order valence-corrected chi connectivity index (χ0v) is 14.6. The summed E-state index contributed by atoms with van der Waals surface area (Å²) in [4.78, 5) is 11.3. The predicted molar refractivity (Wildman–Crippen MR) is 97.3 cm³/mol. The van der Waals surface area contributed by atoms with Crippen molar-refractivity contribution in [3.63, 3.8) is 0 Å². The highest BCUT2D eigenvalue weighted by Gasteiger charge is 2.21. The second-order valence-electron chi connectivity index (χ2n) is 5.44. The molecule has 2 rings (SSSR count). The van der Waals surface area contributed by atoms with Gasteiger partial charge in [0.05, 0.1) is 10.5 Å². The van der Waals surface area contributed by atoms with Crippen molar-refractivity contribution in [1.82, 2.24) is 4.72 Å². The Morgan fingerprint density at radius 1 is 1.24 bits per heavy atom. The highest BCUT2D eigenvalue weighted by atomic mass is 32.2. The van der Waals surface area contributed by atoms with E-state index < -0.39 is 22.0 Å². The van der Waals surface area contributed by atoms with Crippen LogP contribution in [0.5, 0.6) is 0 Å². The topological polar surface area (TPSA) is 95.5 Å². The van der Waals surface area contributed by atoms with Gasteiger partial charge in [0.1, 0.15) is 0 Å². The number of rotatable bonds is 8. The summed E-state index contributed by atoms with van der Waals surface area (Å²) in [6, 6.07) is 12.6. The van der Waals surface area contributed by atoms with Crippen LogP contribution in [-0.4, -0.2) is 26.0 Å². The summed E-state index contributed by atoms with van der Waals surface area (Å²) < 4.78 is 27.7. The predicted octanol–water partition coefficient (Wildman–Crippen LogP) is 3.02. The van der Waals surface area contributed by atoms with Crippen LogP contribution in [0.25, 0.3) is 0 Å². The van der Waals surface area contributed by atoms with E-state index in [1.54, 1.807) is 13.0 Å². The van der Waals surface area contributed by atoms with Crippen LogP contribution in [0.15, 0.2) is 66.1 Å². The first-order valence-corrected chi connectivity index (χ1v) is 9.13. The fourth-order valence-corrected chi connectivity index (χ4v) is 3.57. The van der Waals surface area contributed by atoms with Crippen LogP contribution in [0, 0.1) is 0 Å². The Bertz CT molecular complexity index is 864. The Labute approximate surface area is 147 Å². The lowest BCUT2D eigenvalue weighted by Crippen LogP contribution is -2.27. The number of hydrogen-bond donors (Lipinski definition) is 3. The summed E-state index contributed by atoms with van der Waals surface area (Å²) in [6.45, 7) is 5.65. The Kier molecular flexibility index (Phi) is 5.95. The highest BCUT2D eigenvalue weighted by molar-refractivity contribution is 7.89. The van der Waals surface area contributed by atoms with Crippen molar-refractivity contribution >= 4 is 21.7 Å². The van der Waals surface area contributed by atoms with E-state index in [0.29, 0.717) is 12.2 Å². The quantitative estimate of drug-likeness (QED) is 0.629. The number of nitrogens with one attached hydrogen (secondary N) is 2. The Morgan fingerprint density at radius 3 is 2.52 bits per heavy atom. The molecule has 2 aromatic rings. The summed E-state index contributed by atoms with van der Waals surface area (Å²) >= 11 is 0. The smallest absolute Gasteiger partial charge is 0.337 e. The standard InChI is InChI=1S/C18H20N2O4S/c1-3-11-19-17-10-9-15(12-16(17)18(21)22)25(23,24)20-13(2)14-7-5-4-6-8-14/h3-10,12-13,19-20H,1,11H2,2H3,(H,21,22). The van der Waals surface area contributed by atoms with Crippen LogP contribution < -0.4 is 10.0 Å². The molecule has 0 aromatic heterocycles. The van der Waals surface area contributed by atoms with Crippen molar-refractivity contribution in [2.24, 2.45) is 0 Å². The molecule has 25 heavy (non-hydrogen) atoms. The zero-order chi connectivity index (χ0) is 18.4. The average Bonchev–Trinajstić information content (AvgIpc) is 2.60. The maximum absolute atomic E-state index is 12.6. The lowest BCUT2D eigenvalue weighted by Gasteiger charge is -2.16. The molecule has 0 aliphatic carbocycles. The lowest BCUT2D eigenvalue weighted by molar-refractivity contribution is 0.0697. The molecule has 7 heteroatoms. The van der Waals surface area contributed by atoms with E-state index in [9.17, 15) is 18.3 Å². The van der Waals surface area contributed by atoms with Gasteiger partial charge in [0.25, 0.3) is 0 Å². The van der Waals surface area contributed by atoms with Crippen molar-refractivity contribution in [3.05, 3.63) is 72.3 Å². The van der Waals surface area contributed by atoms with E-state index in [1.807, 2.05) is 30.3 Å². The molecule has 2 aromatic carbocycles. The van der Waals surface area contributed by atoms with Gasteiger partial charge >= 0.3 is 5.97 Å². The van der Waals surface area contributed by atoms with Crippen molar-refractivity contribution in [3.8, 4) is 0 Å². The zero-order valence-electron chi connectivity index (χ0n) is 13.8. The number of carboxylic acid groups (broad SMARTS) is 1. The Balaban J connectivity index is 2.31. The number of carboxylic acids is 1. The molecule has 0 aliphatic heterocycles. The molecule has 0 amide bonds. The third kappa shape index (κ3) is 4.68. The third-order valence-electron chi connectivity index (χ3n) is 3.60. The average molecular weight is 360 g/mol. The summed E-state index contributed by atoms with van der Waals surface area (Å²) in [7, 11) is -3.86. The van der Waals surface area contributed by atoms with Crippen molar-refractivity contribution < 1.29 is 18.3 Å². The fraction of sp³-hybridized carbons (Fsp3) is 0.167. The maximum Gasteiger partial charge on any atom is 0.337 e. The lowest BCUT2D eigenvalue weighted by atomic mass is 10.1. The van der Waals surface area contributed by atoms with Gasteiger partial charge in [-0.3, -0.25) is 0 Å². The summed E-state index contributed by atoms with van der Waals surface area (Å²) in [6.07, 6.45) is 1.58. The van der Waals surface area contributed by atoms with Crippen molar-refractivity contribution in [2.45, 2.75) is 17.9 Å². The SMILES string of the molecule is C=CCNc1ccc(S(=O)(=O)NC(C)c2ccccc2)cc1C(=O)O. The first-order chi connectivity index (χ1) is 11.8. The molecule has 6 nitrogen and oxygen atoms in total. The number of carbonyl (C=O) groups is 1. The van der Waals surface area contributed by atoms with Gasteiger partial charge in [0, 0.05) is 18.3 Å². The van der Waals surface area contributed by atoms with Crippen LogP contribution in [0.2, 0.25) is 0 Å². The van der Waals surface area contributed by atoms with Gasteiger partial charge in [-0.1, -0.05) is 36.4 Å². The fourth-order valence-electron chi connectivity index (χ4n) is 2.31. The second-order valence-corrected chi connectivity index (χ2v) is 7.15.